The second-order valence-corrected chi connectivity index (χ2v) is 5.38. The fraction of sp³-hybridized carbons (Fsp3) is 0.222. The molecule has 0 amide bonds. The Kier molecular flexibility index (Phi) is 4.48. The van der Waals surface area contributed by atoms with Gasteiger partial charge >= 0.3 is 32.1 Å². The van der Waals surface area contributed by atoms with Crippen LogP contribution in [0, 0.1) is 3.57 Å². The molecule has 0 aliphatic rings. The summed E-state index contributed by atoms with van der Waals surface area (Å²) in [6.07, 6.45) is -5.73. The zero-order valence-corrected chi connectivity index (χ0v) is 10.7. The van der Waals surface area contributed by atoms with Gasteiger partial charge in [0.25, 0.3) is 0 Å². The van der Waals surface area contributed by atoms with Gasteiger partial charge in [-0.3, -0.25) is 4.79 Å². The molecule has 0 radical (unpaired) electrons. The van der Waals surface area contributed by atoms with Gasteiger partial charge < -0.3 is 9.84 Å². The van der Waals surface area contributed by atoms with Gasteiger partial charge in [-0.1, -0.05) is 12.1 Å². The zero-order valence-electron chi connectivity index (χ0n) is 8.53. The number of carboxylic acids is 1. The van der Waals surface area contributed by atoms with Crippen LogP contribution in [0.2, 0.25) is 0 Å². The van der Waals surface area contributed by atoms with Gasteiger partial charge in [-0.15, -0.1) is 13.2 Å². The lowest BCUT2D eigenvalue weighted by Crippen LogP contribution is -2.18. The summed E-state index contributed by atoms with van der Waals surface area (Å²) in [6.45, 7) is 0. The molecule has 18 heavy (non-hydrogen) atoms. The van der Waals surface area contributed by atoms with Crippen LogP contribution in [0.1, 0.15) is 5.56 Å². The van der Waals surface area contributed by atoms with Gasteiger partial charge in [-0.2, -0.15) is 0 Å². The van der Waals surface area contributed by atoms with Crippen molar-refractivity contribution in [3.05, 3.63) is 27.3 Å². The molecule has 0 aliphatic carbocycles. The van der Waals surface area contributed by atoms with E-state index in [4.69, 9.17) is 5.11 Å². The molecule has 100 valence electrons. The molecule has 0 fully saturated rings. The van der Waals surface area contributed by atoms with E-state index in [9.17, 15) is 24.1 Å². The Morgan fingerprint density at radius 1 is 1.33 bits per heavy atom. The molecular formula is C9H6F3IO5. The summed E-state index contributed by atoms with van der Waals surface area (Å²) >= 11 is -4.32. The molecule has 1 aromatic carbocycles. The van der Waals surface area contributed by atoms with Gasteiger partial charge in [0, 0.05) is 0 Å². The van der Waals surface area contributed by atoms with Gasteiger partial charge in [0.05, 0.1) is 6.42 Å². The Bertz CT molecular complexity index is 527. The van der Waals surface area contributed by atoms with Crippen molar-refractivity contribution in [1.29, 1.82) is 0 Å². The first-order valence-corrected chi connectivity index (χ1v) is 7.19. The molecule has 0 atom stereocenters. The average molecular weight is 378 g/mol. The number of ether oxygens (including phenoxy) is 1. The van der Waals surface area contributed by atoms with Crippen molar-refractivity contribution >= 4 is 25.8 Å². The number of benzene rings is 1. The van der Waals surface area contributed by atoms with E-state index in [-0.39, 0.29) is 5.56 Å². The van der Waals surface area contributed by atoms with Gasteiger partial charge in [0.2, 0.25) is 0 Å². The van der Waals surface area contributed by atoms with Crippen LogP contribution in [0.4, 0.5) is 13.2 Å². The van der Waals surface area contributed by atoms with E-state index in [2.05, 4.69) is 4.74 Å². The Hall–Kier alpha value is -1.39. The highest BCUT2D eigenvalue weighted by atomic mass is 127. The summed E-state index contributed by atoms with van der Waals surface area (Å²) in [5, 5.41) is 8.55. The van der Waals surface area contributed by atoms with Crippen LogP contribution in [0.5, 0.6) is 5.75 Å². The molecule has 0 unspecified atom stereocenters. The second-order valence-electron chi connectivity index (χ2n) is 3.06. The zero-order chi connectivity index (χ0) is 13.9. The van der Waals surface area contributed by atoms with E-state index >= 15 is 0 Å². The predicted octanol–water partition coefficient (Wildman–Crippen LogP) is 2.58. The number of rotatable bonds is 4. The van der Waals surface area contributed by atoms with Crippen molar-refractivity contribution in [2.75, 3.05) is 0 Å². The number of aliphatic carboxylic acids is 1. The van der Waals surface area contributed by atoms with E-state index in [1.54, 1.807) is 0 Å². The molecule has 5 nitrogen and oxygen atoms in total. The molecule has 1 aromatic rings. The summed E-state index contributed by atoms with van der Waals surface area (Å²) in [5.41, 5.74) is -0.223. The summed E-state index contributed by atoms with van der Waals surface area (Å²) in [5.74, 6) is -2.24. The van der Waals surface area contributed by atoms with E-state index < -0.39 is 47.9 Å². The van der Waals surface area contributed by atoms with Gasteiger partial charge in [-0.05, 0) is 11.6 Å². The fourth-order valence-corrected chi connectivity index (χ4v) is 2.89. The molecule has 1 rings (SSSR count). The van der Waals surface area contributed by atoms with Crippen LogP contribution in [-0.2, 0) is 17.4 Å². The summed E-state index contributed by atoms with van der Waals surface area (Å²) in [4.78, 5) is 10.5. The number of halogens is 4. The Balaban J connectivity index is 3.30. The molecule has 0 aliphatic heterocycles. The minimum absolute atomic E-state index is 0.223. The van der Waals surface area contributed by atoms with Crippen LogP contribution in [0.15, 0.2) is 18.2 Å². The third-order valence-electron chi connectivity index (χ3n) is 1.76. The smallest absolute Gasteiger partial charge is 0.481 e. The third-order valence-corrected chi connectivity index (χ3v) is 3.87. The van der Waals surface area contributed by atoms with Gasteiger partial charge in [-0.25, -0.2) is 6.14 Å². The number of hydrogen-bond acceptors (Lipinski definition) is 4. The fourth-order valence-electron chi connectivity index (χ4n) is 1.23. The van der Waals surface area contributed by atoms with E-state index in [1.165, 1.54) is 0 Å². The number of alkyl halides is 3. The monoisotopic (exact) mass is 378 g/mol. The minimum atomic E-state index is -5.04. The molecule has 0 spiro atoms. The minimum Gasteiger partial charge on any atom is -0.481 e. The highest BCUT2D eigenvalue weighted by Gasteiger charge is 2.33. The van der Waals surface area contributed by atoms with Crippen LogP contribution in [0.25, 0.3) is 0 Å². The molecule has 0 heterocycles. The summed E-state index contributed by atoms with van der Waals surface area (Å²) in [7, 11) is 0. The SMILES string of the molecule is O=C(O)Cc1cccc(OC(F)(F)F)c1I(=O)=O. The molecule has 1 N–H and O–H groups in total. The normalized spacial score (nSPS) is 11.6. The standard InChI is InChI=1S/C9H6F3IO5/c10-9(11,12)18-6-3-1-2-5(4-7(14)15)8(6)13(16)17/h1-3H,4H2,(H,14,15). The van der Waals surface area contributed by atoms with Crippen molar-refractivity contribution in [1.82, 2.24) is 0 Å². The van der Waals surface area contributed by atoms with Crippen LogP contribution >= 0.6 is 19.8 Å². The second kappa shape index (κ2) is 5.50. The lowest BCUT2D eigenvalue weighted by molar-refractivity contribution is -0.275. The summed E-state index contributed by atoms with van der Waals surface area (Å²) in [6, 6.07) is 3.06. The molecule has 0 bridgehead atoms. The van der Waals surface area contributed by atoms with Crippen molar-refractivity contribution in [2.45, 2.75) is 12.8 Å². The maximum absolute atomic E-state index is 12.1. The Morgan fingerprint density at radius 2 is 1.94 bits per heavy atom. The van der Waals surface area contributed by atoms with Crippen molar-refractivity contribution in [2.24, 2.45) is 0 Å². The third kappa shape index (κ3) is 4.13. The van der Waals surface area contributed by atoms with Gasteiger partial charge in [0.15, 0.2) is 0 Å². The summed E-state index contributed by atoms with van der Waals surface area (Å²) < 4.78 is 61.0. The van der Waals surface area contributed by atoms with Crippen LogP contribution < -0.4 is 4.74 Å². The number of carbonyl (C=O) groups is 1. The maximum atomic E-state index is 12.1. The van der Waals surface area contributed by atoms with Crippen molar-refractivity contribution in [3.8, 4) is 5.75 Å². The van der Waals surface area contributed by atoms with Crippen molar-refractivity contribution < 1.29 is 33.9 Å². The first kappa shape index (κ1) is 14.7. The van der Waals surface area contributed by atoms with Gasteiger partial charge in [0.1, 0.15) is 9.32 Å². The number of hydrogen-bond donors (Lipinski definition) is 1. The maximum Gasteiger partial charge on any atom is 0.573 e. The lowest BCUT2D eigenvalue weighted by atomic mass is 10.1. The van der Waals surface area contributed by atoms with E-state index in [0.717, 1.165) is 18.2 Å². The molecular weight excluding hydrogens is 372 g/mol. The van der Waals surface area contributed by atoms with Crippen molar-refractivity contribution in [3.63, 3.8) is 0 Å². The molecule has 0 saturated heterocycles. The molecule has 9 heteroatoms. The lowest BCUT2D eigenvalue weighted by Gasteiger charge is -2.11. The highest BCUT2D eigenvalue weighted by molar-refractivity contribution is 14.2. The first-order valence-electron chi connectivity index (χ1n) is 4.35. The van der Waals surface area contributed by atoms with Crippen LogP contribution in [0.3, 0.4) is 0 Å². The van der Waals surface area contributed by atoms with Crippen LogP contribution in [-0.4, -0.2) is 17.4 Å². The average Bonchev–Trinajstić information content (AvgIpc) is 2.13. The largest absolute Gasteiger partial charge is 0.573 e. The first-order chi connectivity index (χ1) is 8.20. The topological polar surface area (TPSA) is 80.7 Å². The Morgan fingerprint density at radius 3 is 2.39 bits per heavy atom. The Labute approximate surface area is 106 Å². The quantitative estimate of drug-likeness (QED) is 0.815. The van der Waals surface area contributed by atoms with E-state index in [1.807, 2.05) is 0 Å². The highest BCUT2D eigenvalue weighted by Crippen LogP contribution is 2.34. The van der Waals surface area contributed by atoms with E-state index in [0.29, 0.717) is 0 Å². The number of carboxylic acid groups (broad SMARTS) is 1. The molecule has 0 aromatic heterocycles. The molecule has 0 saturated carbocycles. The predicted molar refractivity (Wildman–Crippen MR) is 58.6 cm³/mol.